The number of carbonyl (C=O) groups is 1. The van der Waals surface area contributed by atoms with Crippen LogP contribution in [0.5, 0.6) is 0 Å². The summed E-state index contributed by atoms with van der Waals surface area (Å²) >= 11 is 4.94. The standard InChI is InChI=1S/C13H25N3OS/c1-10(2)9-16(8-6-12(14)18)11-5-3-4-7-15-13(11)17/h10-11H,3-9H2,1-2H3,(H2,14,18)(H,15,17). The highest BCUT2D eigenvalue weighted by Crippen LogP contribution is 2.15. The Balaban J connectivity index is 2.65. The second-order valence-electron chi connectivity index (χ2n) is 5.41. The first-order valence-electron chi connectivity index (χ1n) is 6.80. The Labute approximate surface area is 115 Å². The average Bonchev–Trinajstić information content (AvgIpc) is 2.48. The number of amides is 1. The van der Waals surface area contributed by atoms with Gasteiger partial charge in [0.25, 0.3) is 0 Å². The molecule has 5 heteroatoms. The molecule has 1 aliphatic rings. The van der Waals surface area contributed by atoms with E-state index in [1.165, 1.54) is 0 Å². The number of hydrogen-bond donors (Lipinski definition) is 2. The minimum absolute atomic E-state index is 0.00995. The van der Waals surface area contributed by atoms with E-state index in [1.54, 1.807) is 0 Å². The van der Waals surface area contributed by atoms with Crippen LogP contribution in [0.25, 0.3) is 0 Å². The summed E-state index contributed by atoms with van der Waals surface area (Å²) in [5.41, 5.74) is 5.57. The molecule has 4 nitrogen and oxygen atoms in total. The molecule has 1 fully saturated rings. The maximum atomic E-state index is 12.1. The quantitative estimate of drug-likeness (QED) is 0.715. The van der Waals surface area contributed by atoms with Crippen LogP contribution in [0.3, 0.4) is 0 Å². The van der Waals surface area contributed by atoms with Crippen molar-refractivity contribution in [2.24, 2.45) is 11.7 Å². The average molecular weight is 271 g/mol. The summed E-state index contributed by atoms with van der Waals surface area (Å²) in [4.78, 5) is 14.8. The number of nitrogens with zero attached hydrogens (tertiary/aromatic N) is 1. The van der Waals surface area contributed by atoms with Gasteiger partial charge in [-0.05, 0) is 25.2 Å². The Hall–Kier alpha value is -0.680. The fourth-order valence-electron chi connectivity index (χ4n) is 2.37. The van der Waals surface area contributed by atoms with Crippen LogP contribution in [0.4, 0.5) is 0 Å². The van der Waals surface area contributed by atoms with Crippen LogP contribution in [0.2, 0.25) is 0 Å². The molecule has 3 N–H and O–H groups in total. The van der Waals surface area contributed by atoms with Gasteiger partial charge in [-0.3, -0.25) is 9.69 Å². The first kappa shape index (κ1) is 15.4. The topological polar surface area (TPSA) is 58.4 Å². The highest BCUT2D eigenvalue weighted by Gasteiger charge is 2.27. The summed E-state index contributed by atoms with van der Waals surface area (Å²) in [6, 6.07) is -0.00995. The zero-order valence-corrected chi connectivity index (χ0v) is 12.3. The molecule has 0 radical (unpaired) electrons. The zero-order valence-electron chi connectivity index (χ0n) is 11.4. The van der Waals surface area contributed by atoms with Crippen LogP contribution in [-0.4, -0.2) is 41.5 Å². The molecule has 1 saturated heterocycles. The Bertz CT molecular complexity index is 294. The second-order valence-corrected chi connectivity index (χ2v) is 5.93. The summed E-state index contributed by atoms with van der Waals surface area (Å²) < 4.78 is 0. The predicted molar refractivity (Wildman–Crippen MR) is 78.5 cm³/mol. The lowest BCUT2D eigenvalue weighted by Gasteiger charge is -2.31. The van der Waals surface area contributed by atoms with Crippen LogP contribution in [0.1, 0.15) is 39.5 Å². The minimum atomic E-state index is -0.00995. The summed E-state index contributed by atoms with van der Waals surface area (Å²) in [6.45, 7) is 6.84. The SMILES string of the molecule is CC(C)CN(CCC(N)=S)C1CCCCNC1=O. The molecular weight excluding hydrogens is 246 g/mol. The Kier molecular flexibility index (Phi) is 6.57. The number of nitrogens with two attached hydrogens (primary N) is 1. The lowest BCUT2D eigenvalue weighted by Crippen LogP contribution is -2.48. The van der Waals surface area contributed by atoms with Crippen molar-refractivity contribution in [3.63, 3.8) is 0 Å². The van der Waals surface area contributed by atoms with Crippen molar-refractivity contribution in [1.29, 1.82) is 0 Å². The van der Waals surface area contributed by atoms with E-state index in [0.29, 0.717) is 17.3 Å². The predicted octanol–water partition coefficient (Wildman–Crippen LogP) is 1.29. The summed E-state index contributed by atoms with van der Waals surface area (Å²) in [7, 11) is 0. The summed E-state index contributed by atoms with van der Waals surface area (Å²) in [6.07, 6.45) is 3.81. The molecule has 0 aromatic heterocycles. The van der Waals surface area contributed by atoms with Crippen LogP contribution in [-0.2, 0) is 4.79 Å². The second kappa shape index (κ2) is 7.69. The fourth-order valence-corrected chi connectivity index (χ4v) is 2.46. The third kappa shape index (κ3) is 5.31. The number of nitrogens with one attached hydrogen (secondary N) is 1. The van der Waals surface area contributed by atoms with E-state index in [-0.39, 0.29) is 11.9 Å². The lowest BCUT2D eigenvalue weighted by atomic mass is 10.1. The van der Waals surface area contributed by atoms with Crippen molar-refractivity contribution in [2.75, 3.05) is 19.6 Å². The molecule has 1 aliphatic heterocycles. The maximum absolute atomic E-state index is 12.1. The molecule has 0 spiro atoms. The van der Waals surface area contributed by atoms with E-state index in [4.69, 9.17) is 18.0 Å². The van der Waals surface area contributed by atoms with Crippen molar-refractivity contribution < 1.29 is 4.79 Å². The molecule has 1 unspecified atom stereocenters. The van der Waals surface area contributed by atoms with Gasteiger partial charge in [-0.2, -0.15) is 0 Å². The molecule has 1 rings (SSSR count). The third-order valence-electron chi connectivity index (χ3n) is 3.19. The molecule has 0 saturated carbocycles. The van der Waals surface area contributed by atoms with Crippen molar-refractivity contribution in [2.45, 2.75) is 45.6 Å². The smallest absolute Gasteiger partial charge is 0.237 e. The molecule has 104 valence electrons. The summed E-state index contributed by atoms with van der Waals surface area (Å²) in [5, 5.41) is 2.99. The number of thiocarbonyl (C=S) groups is 1. The molecule has 1 amide bonds. The van der Waals surface area contributed by atoms with E-state index in [9.17, 15) is 4.79 Å². The molecule has 0 aromatic carbocycles. The van der Waals surface area contributed by atoms with Crippen molar-refractivity contribution >= 4 is 23.1 Å². The summed E-state index contributed by atoms with van der Waals surface area (Å²) in [5.74, 6) is 0.698. The van der Waals surface area contributed by atoms with Crippen molar-refractivity contribution in [1.82, 2.24) is 10.2 Å². The first-order chi connectivity index (χ1) is 8.50. The van der Waals surface area contributed by atoms with Crippen LogP contribution in [0, 0.1) is 5.92 Å². The highest BCUT2D eigenvalue weighted by molar-refractivity contribution is 7.80. The Morgan fingerprint density at radius 3 is 2.89 bits per heavy atom. The zero-order chi connectivity index (χ0) is 13.5. The number of rotatable bonds is 6. The van der Waals surface area contributed by atoms with E-state index in [2.05, 4.69) is 24.1 Å². The maximum Gasteiger partial charge on any atom is 0.237 e. The van der Waals surface area contributed by atoms with Gasteiger partial charge >= 0.3 is 0 Å². The Morgan fingerprint density at radius 1 is 1.56 bits per heavy atom. The van der Waals surface area contributed by atoms with Gasteiger partial charge in [-0.1, -0.05) is 26.1 Å². The van der Waals surface area contributed by atoms with Gasteiger partial charge < -0.3 is 11.1 Å². The van der Waals surface area contributed by atoms with Crippen LogP contribution >= 0.6 is 12.2 Å². The van der Waals surface area contributed by atoms with E-state index in [1.807, 2.05) is 0 Å². The number of carbonyl (C=O) groups excluding carboxylic acids is 1. The van der Waals surface area contributed by atoms with Gasteiger partial charge in [0, 0.05) is 26.1 Å². The van der Waals surface area contributed by atoms with Gasteiger partial charge in [-0.15, -0.1) is 0 Å². The molecule has 18 heavy (non-hydrogen) atoms. The van der Waals surface area contributed by atoms with E-state index >= 15 is 0 Å². The molecule has 1 heterocycles. The molecule has 1 atom stereocenters. The molecule has 0 aromatic rings. The fraction of sp³-hybridized carbons (Fsp3) is 0.846. The van der Waals surface area contributed by atoms with Gasteiger partial charge in [0.2, 0.25) is 5.91 Å². The van der Waals surface area contributed by atoms with E-state index < -0.39 is 0 Å². The monoisotopic (exact) mass is 271 g/mol. The van der Waals surface area contributed by atoms with Crippen LogP contribution in [0.15, 0.2) is 0 Å². The van der Waals surface area contributed by atoms with Gasteiger partial charge in [-0.25, -0.2) is 0 Å². The van der Waals surface area contributed by atoms with E-state index in [0.717, 1.165) is 38.9 Å². The number of hydrogen-bond acceptors (Lipinski definition) is 3. The lowest BCUT2D eigenvalue weighted by molar-refractivity contribution is -0.126. The first-order valence-corrected chi connectivity index (χ1v) is 7.21. The van der Waals surface area contributed by atoms with Crippen LogP contribution < -0.4 is 11.1 Å². The van der Waals surface area contributed by atoms with Gasteiger partial charge in [0.1, 0.15) is 0 Å². The normalized spacial score (nSPS) is 20.9. The third-order valence-corrected chi connectivity index (χ3v) is 3.40. The minimum Gasteiger partial charge on any atom is -0.393 e. The van der Waals surface area contributed by atoms with Crippen molar-refractivity contribution in [3.8, 4) is 0 Å². The van der Waals surface area contributed by atoms with Gasteiger partial charge in [0.05, 0.1) is 11.0 Å². The molecule has 0 bridgehead atoms. The van der Waals surface area contributed by atoms with Crippen molar-refractivity contribution in [3.05, 3.63) is 0 Å². The molecule has 0 aliphatic carbocycles. The Morgan fingerprint density at radius 2 is 2.28 bits per heavy atom. The molecular formula is C13H25N3OS. The largest absolute Gasteiger partial charge is 0.393 e. The highest BCUT2D eigenvalue weighted by atomic mass is 32.1. The van der Waals surface area contributed by atoms with Gasteiger partial charge in [0.15, 0.2) is 0 Å².